The molecule has 1 aromatic rings. The topological polar surface area (TPSA) is 30.5 Å². The van der Waals surface area contributed by atoms with Gasteiger partial charge in [0.2, 0.25) is 0 Å². The molecule has 1 aromatic carbocycles. The Kier molecular flexibility index (Phi) is 3.42. The molecule has 0 unspecified atom stereocenters. The highest BCUT2D eigenvalue weighted by Crippen LogP contribution is 2.24. The maximum Gasteiger partial charge on any atom is 0.573 e. The molecule has 0 spiro atoms. The number of ether oxygens (including phenoxy) is 2. The fourth-order valence-corrected chi connectivity index (χ4v) is 1.42. The molecule has 2 rings (SSSR count). The maximum atomic E-state index is 11.9. The van der Waals surface area contributed by atoms with Crippen LogP contribution in [0.5, 0.6) is 11.5 Å². The zero-order chi connectivity index (χ0) is 12.3. The van der Waals surface area contributed by atoms with Gasteiger partial charge in [0.15, 0.2) is 0 Å². The number of hydrogen-bond acceptors (Lipinski definition) is 3. The van der Waals surface area contributed by atoms with Crippen LogP contribution in [0.25, 0.3) is 0 Å². The molecule has 1 aliphatic heterocycles. The lowest BCUT2D eigenvalue weighted by molar-refractivity contribution is -0.274. The quantitative estimate of drug-likeness (QED) is 0.884. The summed E-state index contributed by atoms with van der Waals surface area (Å²) in [6.45, 7) is 2.43. The first-order valence-corrected chi connectivity index (χ1v) is 5.22. The normalized spacial score (nSPS) is 16.4. The smallest absolute Gasteiger partial charge is 0.493 e. The van der Waals surface area contributed by atoms with E-state index in [1.54, 1.807) is 0 Å². The van der Waals surface area contributed by atoms with E-state index in [9.17, 15) is 13.2 Å². The monoisotopic (exact) mass is 247 g/mol. The molecule has 0 aliphatic carbocycles. The van der Waals surface area contributed by atoms with Crippen LogP contribution in [0.3, 0.4) is 0 Å². The Balaban J connectivity index is 1.84. The lowest BCUT2D eigenvalue weighted by Gasteiger charge is -2.26. The Morgan fingerprint density at radius 3 is 2.18 bits per heavy atom. The zero-order valence-corrected chi connectivity index (χ0v) is 8.96. The molecule has 6 heteroatoms. The van der Waals surface area contributed by atoms with Gasteiger partial charge in [-0.15, -0.1) is 13.2 Å². The summed E-state index contributed by atoms with van der Waals surface area (Å²) in [4.78, 5) is 0. The number of benzene rings is 1. The highest BCUT2D eigenvalue weighted by Gasteiger charge is 2.31. The highest BCUT2D eigenvalue weighted by atomic mass is 19.4. The molecule has 1 N–H and O–H groups in total. The molecule has 0 saturated carbocycles. The van der Waals surface area contributed by atoms with Crippen LogP contribution in [0.1, 0.15) is 0 Å². The van der Waals surface area contributed by atoms with Crippen molar-refractivity contribution in [3.8, 4) is 11.5 Å². The summed E-state index contributed by atoms with van der Waals surface area (Å²) in [5, 5.41) is 3.11. The zero-order valence-electron chi connectivity index (χ0n) is 8.96. The first-order chi connectivity index (χ1) is 8.03. The molecule has 3 nitrogen and oxygen atoms in total. The molecule has 94 valence electrons. The molecule has 0 bridgehead atoms. The van der Waals surface area contributed by atoms with Crippen LogP contribution in [0.15, 0.2) is 24.3 Å². The van der Waals surface area contributed by atoms with E-state index >= 15 is 0 Å². The first kappa shape index (κ1) is 12.0. The van der Waals surface area contributed by atoms with Gasteiger partial charge in [0, 0.05) is 19.0 Å². The highest BCUT2D eigenvalue weighted by molar-refractivity contribution is 5.31. The van der Waals surface area contributed by atoms with Crippen LogP contribution in [0, 0.1) is 5.92 Å². The van der Waals surface area contributed by atoms with E-state index < -0.39 is 6.36 Å². The summed E-state index contributed by atoms with van der Waals surface area (Å²) >= 11 is 0. The van der Waals surface area contributed by atoms with Crippen molar-refractivity contribution in [1.29, 1.82) is 0 Å². The second-order valence-electron chi connectivity index (χ2n) is 3.85. The summed E-state index contributed by atoms with van der Waals surface area (Å²) < 4.78 is 44.8. The molecule has 0 aromatic heterocycles. The molecule has 1 aliphatic rings. The van der Waals surface area contributed by atoms with Crippen molar-refractivity contribution >= 4 is 0 Å². The van der Waals surface area contributed by atoms with Crippen LogP contribution in [0.4, 0.5) is 13.2 Å². The van der Waals surface area contributed by atoms with Crippen molar-refractivity contribution in [2.24, 2.45) is 5.92 Å². The van der Waals surface area contributed by atoms with Crippen molar-refractivity contribution in [3.63, 3.8) is 0 Å². The van der Waals surface area contributed by atoms with Gasteiger partial charge in [0.05, 0.1) is 6.61 Å². The minimum Gasteiger partial charge on any atom is -0.493 e. The third kappa shape index (κ3) is 3.81. The SMILES string of the molecule is FC(F)(F)Oc1ccc(OCC2CNC2)cc1. The average molecular weight is 247 g/mol. The van der Waals surface area contributed by atoms with Crippen molar-refractivity contribution in [1.82, 2.24) is 5.32 Å². The van der Waals surface area contributed by atoms with Gasteiger partial charge in [-0.2, -0.15) is 0 Å². The van der Waals surface area contributed by atoms with Crippen molar-refractivity contribution < 1.29 is 22.6 Å². The number of alkyl halides is 3. The van der Waals surface area contributed by atoms with Crippen molar-refractivity contribution in [2.45, 2.75) is 6.36 Å². The summed E-state index contributed by atoms with van der Waals surface area (Å²) in [7, 11) is 0. The van der Waals surface area contributed by atoms with Crippen molar-refractivity contribution in [3.05, 3.63) is 24.3 Å². The Hall–Kier alpha value is -1.43. The van der Waals surface area contributed by atoms with Crippen LogP contribution < -0.4 is 14.8 Å². The minimum atomic E-state index is -4.65. The lowest BCUT2D eigenvalue weighted by atomic mass is 10.1. The Morgan fingerprint density at radius 2 is 1.71 bits per heavy atom. The van der Waals surface area contributed by atoms with Crippen LogP contribution in [0.2, 0.25) is 0 Å². The summed E-state index contributed by atoms with van der Waals surface area (Å²) in [5.74, 6) is 0.794. The predicted molar refractivity (Wildman–Crippen MR) is 55.0 cm³/mol. The number of halogens is 3. The Bertz CT molecular complexity index is 360. The standard InChI is InChI=1S/C11H12F3NO2/c12-11(13,14)17-10-3-1-9(2-4-10)16-7-8-5-15-6-8/h1-4,8,15H,5-7H2. The predicted octanol–water partition coefficient (Wildman–Crippen LogP) is 2.18. The van der Waals surface area contributed by atoms with Gasteiger partial charge in [-0.05, 0) is 24.3 Å². The number of nitrogens with one attached hydrogen (secondary N) is 1. The second kappa shape index (κ2) is 4.83. The molecule has 1 saturated heterocycles. The van der Waals surface area contributed by atoms with Gasteiger partial charge < -0.3 is 14.8 Å². The molecule has 17 heavy (non-hydrogen) atoms. The third-order valence-corrected chi connectivity index (χ3v) is 2.41. The molecule has 0 atom stereocenters. The summed E-state index contributed by atoms with van der Waals surface area (Å²) in [6, 6.07) is 5.41. The molecular weight excluding hydrogens is 235 g/mol. The van der Waals surface area contributed by atoms with Gasteiger partial charge in [0.25, 0.3) is 0 Å². The van der Waals surface area contributed by atoms with Gasteiger partial charge in [-0.25, -0.2) is 0 Å². The Labute approximate surface area is 96.5 Å². The van der Waals surface area contributed by atoms with E-state index in [1.807, 2.05) is 0 Å². The van der Waals surface area contributed by atoms with E-state index in [-0.39, 0.29) is 5.75 Å². The molecule has 1 heterocycles. The van der Waals surface area contributed by atoms with Crippen LogP contribution in [-0.4, -0.2) is 26.1 Å². The minimum absolute atomic E-state index is 0.241. The lowest BCUT2D eigenvalue weighted by Crippen LogP contribution is -2.45. The van der Waals surface area contributed by atoms with E-state index in [1.165, 1.54) is 24.3 Å². The molecule has 0 amide bonds. The van der Waals surface area contributed by atoms with E-state index in [4.69, 9.17) is 4.74 Å². The number of hydrogen-bond donors (Lipinski definition) is 1. The number of rotatable bonds is 4. The van der Waals surface area contributed by atoms with Gasteiger partial charge in [-0.3, -0.25) is 0 Å². The molecule has 1 fully saturated rings. The fraction of sp³-hybridized carbons (Fsp3) is 0.455. The van der Waals surface area contributed by atoms with E-state index in [0.29, 0.717) is 18.3 Å². The average Bonchev–Trinajstić information content (AvgIpc) is 2.16. The third-order valence-electron chi connectivity index (χ3n) is 2.41. The largest absolute Gasteiger partial charge is 0.573 e. The molecular formula is C11H12F3NO2. The van der Waals surface area contributed by atoms with E-state index in [2.05, 4.69) is 10.1 Å². The summed E-state index contributed by atoms with van der Waals surface area (Å²) in [6.07, 6.45) is -4.65. The molecule has 0 radical (unpaired) electrons. The second-order valence-corrected chi connectivity index (χ2v) is 3.85. The Morgan fingerprint density at radius 1 is 1.12 bits per heavy atom. The van der Waals surface area contributed by atoms with Crippen LogP contribution >= 0.6 is 0 Å². The first-order valence-electron chi connectivity index (χ1n) is 5.22. The van der Waals surface area contributed by atoms with Gasteiger partial charge >= 0.3 is 6.36 Å². The summed E-state index contributed by atoms with van der Waals surface area (Å²) in [5.41, 5.74) is 0. The van der Waals surface area contributed by atoms with Crippen LogP contribution in [-0.2, 0) is 0 Å². The fourth-order valence-electron chi connectivity index (χ4n) is 1.42. The van der Waals surface area contributed by atoms with E-state index in [0.717, 1.165) is 13.1 Å². The van der Waals surface area contributed by atoms with Gasteiger partial charge in [-0.1, -0.05) is 0 Å². The van der Waals surface area contributed by atoms with Crippen molar-refractivity contribution in [2.75, 3.05) is 19.7 Å². The maximum absolute atomic E-state index is 11.9. The van der Waals surface area contributed by atoms with Gasteiger partial charge in [0.1, 0.15) is 11.5 Å².